The van der Waals surface area contributed by atoms with Crippen LogP contribution in [0.5, 0.6) is 0 Å². The number of carbonyl (C=O) groups excluding carboxylic acids is 2. The van der Waals surface area contributed by atoms with Crippen molar-refractivity contribution in [1.29, 1.82) is 0 Å². The first-order valence-corrected chi connectivity index (χ1v) is 13.6. The summed E-state index contributed by atoms with van der Waals surface area (Å²) in [5.41, 5.74) is 2.37. The van der Waals surface area contributed by atoms with E-state index in [1.54, 1.807) is 0 Å². The van der Waals surface area contributed by atoms with Gasteiger partial charge in [-0.05, 0) is 29.7 Å². The highest BCUT2D eigenvalue weighted by Gasteiger charge is 2.88. The highest BCUT2D eigenvalue weighted by molar-refractivity contribution is 6.14. The molecule has 5 aromatic rings. The molecule has 0 N–H and O–H groups in total. The van der Waals surface area contributed by atoms with E-state index >= 15 is 0 Å². The lowest BCUT2D eigenvalue weighted by molar-refractivity contribution is -0.164. The van der Waals surface area contributed by atoms with Crippen LogP contribution in [0.4, 0.5) is 0 Å². The Morgan fingerprint density at radius 2 is 1.11 bits per heavy atom. The van der Waals surface area contributed by atoms with Gasteiger partial charge in [0.1, 0.15) is 11.6 Å². The fourth-order valence-corrected chi connectivity index (χ4v) is 8.78. The maximum Gasteiger partial charge on any atom is 0.146 e. The number of aromatic nitrogens is 1. The SMILES string of the molecule is C[C@]12C(=O)[C@@H]3[C@@H](n4c5ccccc5c5ccccc54)C[C@]3(C)C(=O)[C@H]1C2(c1ccccc1)c1ccccc1. The second kappa shape index (κ2) is 7.11. The first-order chi connectivity index (χ1) is 18.5. The quantitative estimate of drug-likeness (QED) is 0.267. The lowest BCUT2D eigenvalue weighted by Crippen LogP contribution is -2.60. The predicted octanol–water partition coefficient (Wildman–Crippen LogP) is 7.14. The first kappa shape index (κ1) is 22.0. The predicted molar refractivity (Wildman–Crippen MR) is 150 cm³/mol. The fourth-order valence-electron chi connectivity index (χ4n) is 8.78. The number of Topliss-reactive ketones (excluding diaryl/α,β-unsaturated/α-hetero) is 2. The maximum absolute atomic E-state index is 14.9. The zero-order chi connectivity index (χ0) is 25.9. The third-order valence-electron chi connectivity index (χ3n) is 10.5. The Morgan fingerprint density at radius 1 is 0.632 bits per heavy atom. The third kappa shape index (κ3) is 2.29. The van der Waals surface area contributed by atoms with Crippen LogP contribution in [-0.2, 0) is 15.0 Å². The summed E-state index contributed by atoms with van der Waals surface area (Å²) < 4.78 is 2.36. The van der Waals surface area contributed by atoms with E-state index in [0.29, 0.717) is 6.42 Å². The van der Waals surface area contributed by atoms with E-state index in [-0.39, 0.29) is 29.4 Å². The normalized spacial score (nSPS) is 31.1. The van der Waals surface area contributed by atoms with E-state index in [4.69, 9.17) is 0 Å². The first-order valence-electron chi connectivity index (χ1n) is 13.6. The molecule has 3 heteroatoms. The summed E-state index contributed by atoms with van der Waals surface area (Å²) in [4.78, 5) is 29.4. The van der Waals surface area contributed by atoms with E-state index in [2.05, 4.69) is 91.2 Å². The van der Waals surface area contributed by atoms with Crippen LogP contribution in [0.2, 0.25) is 0 Å². The molecule has 0 spiro atoms. The fraction of sp³-hybridized carbons (Fsp3) is 0.257. The summed E-state index contributed by atoms with van der Waals surface area (Å²) in [6.07, 6.45) is 0.692. The standard InChI is InChI=1S/C35H29NO2/c1-33-21-28(36-26-19-11-9-17-24(26)25-18-10-12-20-27(25)36)29(33)31(37)34(2)30(32(33)38)35(34,22-13-5-3-6-14-22)23-15-7-4-8-16-23/h3-20,28-30H,21H2,1-2H3/t28-,29-,30+,33-,34+/m0/s1. The van der Waals surface area contributed by atoms with E-state index in [0.717, 1.165) is 22.2 Å². The molecule has 1 heterocycles. The van der Waals surface area contributed by atoms with E-state index in [9.17, 15) is 9.59 Å². The van der Waals surface area contributed by atoms with Crippen molar-refractivity contribution >= 4 is 33.4 Å². The Labute approximate surface area is 222 Å². The van der Waals surface area contributed by atoms with Crippen molar-refractivity contribution in [3.63, 3.8) is 0 Å². The van der Waals surface area contributed by atoms with Crippen LogP contribution in [-0.4, -0.2) is 16.1 Å². The number of carbonyl (C=O) groups is 2. The summed E-state index contributed by atoms with van der Waals surface area (Å²) in [5, 5.41) is 2.40. The lowest BCUT2D eigenvalue weighted by Gasteiger charge is -2.55. The van der Waals surface area contributed by atoms with E-state index < -0.39 is 16.2 Å². The Morgan fingerprint density at radius 3 is 1.63 bits per heavy atom. The molecule has 3 saturated carbocycles. The Balaban J connectivity index is 1.34. The van der Waals surface area contributed by atoms with Crippen LogP contribution < -0.4 is 0 Å². The number of rotatable bonds is 3. The van der Waals surface area contributed by atoms with Crippen molar-refractivity contribution in [2.24, 2.45) is 22.7 Å². The minimum atomic E-state index is -0.769. The second-order valence-corrected chi connectivity index (χ2v) is 12.0. The monoisotopic (exact) mass is 495 g/mol. The number of nitrogens with zero attached hydrogens (tertiary/aromatic N) is 1. The average Bonchev–Trinajstić information content (AvgIpc) is 3.40. The minimum absolute atomic E-state index is 0.0381. The van der Waals surface area contributed by atoms with Gasteiger partial charge < -0.3 is 4.57 Å². The zero-order valence-corrected chi connectivity index (χ0v) is 21.6. The van der Waals surface area contributed by atoms with Crippen LogP contribution in [0.1, 0.15) is 37.4 Å². The number of benzene rings is 4. The van der Waals surface area contributed by atoms with Gasteiger partial charge in [-0.3, -0.25) is 9.59 Å². The van der Waals surface area contributed by atoms with Crippen molar-refractivity contribution < 1.29 is 9.59 Å². The van der Waals surface area contributed by atoms with Gasteiger partial charge in [0.25, 0.3) is 0 Å². The average molecular weight is 496 g/mol. The summed E-state index contributed by atoms with van der Waals surface area (Å²) in [6.45, 7) is 4.12. The molecule has 4 aromatic carbocycles. The number of hydrogen-bond acceptors (Lipinski definition) is 2. The molecule has 5 atom stereocenters. The molecule has 1 aromatic heterocycles. The number of fused-ring (bicyclic) bond motifs is 5. The molecule has 0 radical (unpaired) electrons. The molecule has 3 fully saturated rings. The summed E-state index contributed by atoms with van der Waals surface area (Å²) in [5.74, 6) is -0.179. The van der Waals surface area contributed by atoms with Crippen LogP contribution in [0.15, 0.2) is 109 Å². The largest absolute Gasteiger partial charge is 0.337 e. The van der Waals surface area contributed by atoms with Crippen molar-refractivity contribution in [1.82, 2.24) is 4.57 Å². The van der Waals surface area contributed by atoms with Gasteiger partial charge in [-0.15, -0.1) is 0 Å². The molecule has 186 valence electrons. The van der Waals surface area contributed by atoms with Gasteiger partial charge in [0.15, 0.2) is 0 Å². The maximum atomic E-state index is 14.9. The van der Waals surface area contributed by atoms with Crippen LogP contribution in [0.3, 0.4) is 0 Å². The molecule has 38 heavy (non-hydrogen) atoms. The van der Waals surface area contributed by atoms with Crippen molar-refractivity contribution in [3.05, 3.63) is 120 Å². The van der Waals surface area contributed by atoms with Crippen molar-refractivity contribution in [3.8, 4) is 0 Å². The number of hydrogen-bond donors (Lipinski definition) is 0. The Hall–Kier alpha value is -3.98. The highest BCUT2D eigenvalue weighted by Crippen LogP contribution is 2.81. The number of ketones is 2. The van der Waals surface area contributed by atoms with Crippen molar-refractivity contribution in [2.45, 2.75) is 31.7 Å². The van der Waals surface area contributed by atoms with Gasteiger partial charge in [0.05, 0.1) is 11.3 Å². The molecule has 0 unspecified atom stereocenters. The van der Waals surface area contributed by atoms with Gasteiger partial charge in [0.2, 0.25) is 0 Å². The van der Waals surface area contributed by atoms with Crippen LogP contribution in [0, 0.1) is 22.7 Å². The molecule has 3 nitrogen and oxygen atoms in total. The number of para-hydroxylation sites is 2. The molecular formula is C35H29NO2. The lowest BCUT2D eigenvalue weighted by atomic mass is 9.49. The van der Waals surface area contributed by atoms with Crippen LogP contribution >= 0.6 is 0 Å². The molecule has 0 saturated heterocycles. The molecule has 0 bridgehead atoms. The van der Waals surface area contributed by atoms with Gasteiger partial charge >= 0.3 is 0 Å². The van der Waals surface area contributed by atoms with Gasteiger partial charge in [-0.1, -0.05) is 111 Å². The van der Waals surface area contributed by atoms with Crippen LogP contribution in [0.25, 0.3) is 21.8 Å². The Kier molecular flexibility index (Phi) is 4.12. The summed E-state index contributed by atoms with van der Waals surface area (Å²) in [6, 6.07) is 37.4. The topological polar surface area (TPSA) is 39.1 Å². The summed E-state index contributed by atoms with van der Waals surface area (Å²) in [7, 11) is 0. The molecule has 3 aliphatic carbocycles. The second-order valence-electron chi connectivity index (χ2n) is 12.0. The molecular weight excluding hydrogens is 466 g/mol. The minimum Gasteiger partial charge on any atom is -0.337 e. The van der Waals surface area contributed by atoms with Gasteiger partial charge in [-0.2, -0.15) is 0 Å². The summed E-state index contributed by atoms with van der Waals surface area (Å²) >= 11 is 0. The van der Waals surface area contributed by atoms with E-state index in [1.807, 2.05) is 36.4 Å². The smallest absolute Gasteiger partial charge is 0.146 e. The van der Waals surface area contributed by atoms with E-state index in [1.165, 1.54) is 10.8 Å². The molecule has 8 rings (SSSR count). The van der Waals surface area contributed by atoms with Gasteiger partial charge in [0, 0.05) is 44.6 Å². The van der Waals surface area contributed by atoms with Gasteiger partial charge in [-0.25, -0.2) is 0 Å². The molecule has 3 aliphatic rings. The highest BCUT2D eigenvalue weighted by atomic mass is 16.2. The molecule has 0 aliphatic heterocycles. The zero-order valence-electron chi connectivity index (χ0n) is 21.6. The Bertz CT molecular complexity index is 1690. The van der Waals surface area contributed by atoms with Crippen molar-refractivity contribution in [2.75, 3.05) is 0 Å². The third-order valence-corrected chi connectivity index (χ3v) is 10.5. The molecule has 0 amide bonds.